The van der Waals surface area contributed by atoms with Crippen molar-refractivity contribution in [1.82, 2.24) is 10.1 Å². The third kappa shape index (κ3) is 1.48. The number of aromatic nitrogens is 2. The fourth-order valence-corrected chi connectivity index (χ4v) is 3.25. The highest BCUT2D eigenvalue weighted by atomic mass is 79.9. The van der Waals surface area contributed by atoms with Gasteiger partial charge in [-0.25, -0.2) is 0 Å². The first-order valence-corrected chi connectivity index (χ1v) is 6.07. The molecule has 0 N–H and O–H groups in total. The van der Waals surface area contributed by atoms with Crippen molar-refractivity contribution in [1.29, 1.82) is 0 Å². The van der Waals surface area contributed by atoms with Crippen molar-refractivity contribution in [2.45, 2.75) is 12.8 Å². The number of ether oxygens (including phenoxy) is 1. The molecule has 0 radical (unpaired) electrons. The predicted octanol–water partition coefficient (Wildman–Crippen LogP) is 2.73. The lowest BCUT2D eigenvalue weighted by atomic mass is 10.1. The Morgan fingerprint density at radius 2 is 2.47 bits per heavy atom. The molecule has 0 aliphatic carbocycles. The van der Waals surface area contributed by atoms with Gasteiger partial charge < -0.3 is 9.26 Å². The SMILES string of the molecule is Cc1nc(C2COc3cc(Br)sc32)no1. The number of thiophene rings is 1. The Morgan fingerprint density at radius 1 is 1.60 bits per heavy atom. The Bertz CT molecular complexity index is 508. The summed E-state index contributed by atoms with van der Waals surface area (Å²) in [5.41, 5.74) is 0. The monoisotopic (exact) mass is 286 g/mol. The van der Waals surface area contributed by atoms with Crippen molar-refractivity contribution in [2.75, 3.05) is 6.61 Å². The van der Waals surface area contributed by atoms with Crippen LogP contribution in [0.15, 0.2) is 14.4 Å². The summed E-state index contributed by atoms with van der Waals surface area (Å²) in [5, 5.41) is 3.93. The number of halogens is 1. The van der Waals surface area contributed by atoms with Crippen molar-refractivity contribution in [3.63, 3.8) is 0 Å². The molecule has 3 heterocycles. The van der Waals surface area contributed by atoms with Crippen LogP contribution in [0.4, 0.5) is 0 Å². The van der Waals surface area contributed by atoms with Crippen LogP contribution in [0, 0.1) is 6.92 Å². The summed E-state index contributed by atoms with van der Waals surface area (Å²) in [4.78, 5) is 5.40. The molecule has 6 heteroatoms. The van der Waals surface area contributed by atoms with Gasteiger partial charge in [0.05, 0.1) is 14.6 Å². The first-order chi connectivity index (χ1) is 7.24. The molecule has 0 bridgehead atoms. The largest absolute Gasteiger partial charge is 0.491 e. The molecule has 78 valence electrons. The first kappa shape index (κ1) is 9.35. The molecule has 2 aromatic rings. The highest BCUT2D eigenvalue weighted by molar-refractivity contribution is 9.11. The van der Waals surface area contributed by atoms with Crippen LogP contribution in [0.1, 0.15) is 22.5 Å². The highest BCUT2D eigenvalue weighted by Crippen LogP contribution is 2.44. The second kappa shape index (κ2) is 3.31. The van der Waals surface area contributed by atoms with E-state index in [0.29, 0.717) is 18.3 Å². The Labute approximate surface area is 98.4 Å². The lowest BCUT2D eigenvalue weighted by Gasteiger charge is -1.99. The Kier molecular flexibility index (Phi) is 2.07. The number of hydrogen-bond acceptors (Lipinski definition) is 5. The molecule has 1 aliphatic heterocycles. The van der Waals surface area contributed by atoms with E-state index in [1.54, 1.807) is 18.3 Å². The molecule has 1 aliphatic rings. The summed E-state index contributed by atoms with van der Waals surface area (Å²) in [6.07, 6.45) is 0. The second-order valence-corrected chi connectivity index (χ2v) is 5.78. The fraction of sp³-hybridized carbons (Fsp3) is 0.333. The number of fused-ring (bicyclic) bond motifs is 1. The van der Waals surface area contributed by atoms with Gasteiger partial charge in [-0.05, 0) is 15.9 Å². The summed E-state index contributed by atoms with van der Waals surface area (Å²) >= 11 is 5.10. The third-order valence-corrected chi connectivity index (χ3v) is 4.00. The lowest BCUT2D eigenvalue weighted by Crippen LogP contribution is -2.04. The van der Waals surface area contributed by atoms with E-state index in [9.17, 15) is 0 Å². The standard InChI is InChI=1S/C9H7BrN2O2S/c1-4-11-9(12-14-4)5-3-13-6-2-7(10)15-8(5)6/h2,5H,3H2,1H3. The molecule has 0 saturated heterocycles. The van der Waals surface area contributed by atoms with E-state index in [2.05, 4.69) is 26.1 Å². The molecule has 0 fully saturated rings. The van der Waals surface area contributed by atoms with E-state index in [1.807, 2.05) is 6.07 Å². The molecular formula is C9H7BrN2O2S. The van der Waals surface area contributed by atoms with Gasteiger partial charge in [0.25, 0.3) is 0 Å². The molecule has 0 amide bonds. The normalized spacial score (nSPS) is 18.9. The van der Waals surface area contributed by atoms with Crippen LogP contribution < -0.4 is 4.74 Å². The van der Waals surface area contributed by atoms with Crippen LogP contribution >= 0.6 is 27.3 Å². The Morgan fingerprint density at radius 3 is 3.20 bits per heavy atom. The van der Waals surface area contributed by atoms with Gasteiger partial charge in [0.15, 0.2) is 5.82 Å². The predicted molar refractivity (Wildman–Crippen MR) is 58.4 cm³/mol. The highest BCUT2D eigenvalue weighted by Gasteiger charge is 2.31. The fourth-order valence-electron chi connectivity index (χ4n) is 1.61. The molecule has 3 rings (SSSR count). The number of nitrogens with zero attached hydrogens (tertiary/aromatic N) is 2. The summed E-state index contributed by atoms with van der Waals surface area (Å²) in [7, 11) is 0. The van der Waals surface area contributed by atoms with Crippen molar-refractivity contribution >= 4 is 27.3 Å². The van der Waals surface area contributed by atoms with E-state index >= 15 is 0 Å². The van der Waals surface area contributed by atoms with Crippen molar-refractivity contribution in [3.05, 3.63) is 26.4 Å². The van der Waals surface area contributed by atoms with Gasteiger partial charge in [0.1, 0.15) is 12.4 Å². The molecule has 2 aromatic heterocycles. The minimum absolute atomic E-state index is 0.119. The zero-order valence-corrected chi connectivity index (χ0v) is 10.3. The summed E-state index contributed by atoms with van der Waals surface area (Å²) in [6, 6.07) is 1.98. The smallest absolute Gasteiger partial charge is 0.223 e. The molecular weight excluding hydrogens is 280 g/mol. The Balaban J connectivity index is 2.02. The molecule has 4 nitrogen and oxygen atoms in total. The van der Waals surface area contributed by atoms with Gasteiger partial charge in [-0.15, -0.1) is 11.3 Å². The molecule has 0 spiro atoms. The van der Waals surface area contributed by atoms with Crippen LogP contribution in [0.3, 0.4) is 0 Å². The van der Waals surface area contributed by atoms with E-state index in [1.165, 1.54) is 4.88 Å². The summed E-state index contributed by atoms with van der Waals surface area (Å²) < 4.78 is 11.6. The number of aryl methyl sites for hydroxylation is 1. The van der Waals surface area contributed by atoms with Crippen molar-refractivity contribution in [2.24, 2.45) is 0 Å². The van der Waals surface area contributed by atoms with E-state index in [-0.39, 0.29) is 5.92 Å². The second-order valence-electron chi connectivity index (χ2n) is 3.31. The first-order valence-electron chi connectivity index (χ1n) is 4.46. The average molecular weight is 287 g/mol. The van der Waals surface area contributed by atoms with Gasteiger partial charge in [-0.1, -0.05) is 5.16 Å². The van der Waals surface area contributed by atoms with Crippen LogP contribution in [-0.4, -0.2) is 16.7 Å². The van der Waals surface area contributed by atoms with Gasteiger partial charge >= 0.3 is 0 Å². The number of hydrogen-bond donors (Lipinski definition) is 0. The van der Waals surface area contributed by atoms with E-state index in [0.717, 1.165) is 9.54 Å². The van der Waals surface area contributed by atoms with Crippen LogP contribution in [0.25, 0.3) is 0 Å². The molecule has 15 heavy (non-hydrogen) atoms. The van der Waals surface area contributed by atoms with Gasteiger partial charge in [0.2, 0.25) is 5.89 Å². The van der Waals surface area contributed by atoms with E-state index in [4.69, 9.17) is 9.26 Å². The third-order valence-electron chi connectivity index (χ3n) is 2.27. The molecule has 1 unspecified atom stereocenters. The zero-order valence-electron chi connectivity index (χ0n) is 7.86. The average Bonchev–Trinajstić information content (AvgIpc) is 2.80. The van der Waals surface area contributed by atoms with Crippen LogP contribution in [-0.2, 0) is 0 Å². The molecule has 1 atom stereocenters. The lowest BCUT2D eigenvalue weighted by molar-refractivity contribution is 0.332. The zero-order chi connectivity index (χ0) is 10.4. The van der Waals surface area contributed by atoms with Crippen LogP contribution in [0.5, 0.6) is 5.75 Å². The quantitative estimate of drug-likeness (QED) is 0.809. The van der Waals surface area contributed by atoms with Gasteiger partial charge in [0, 0.05) is 13.0 Å². The minimum atomic E-state index is 0.119. The Hall–Kier alpha value is -0.880. The summed E-state index contributed by atoms with van der Waals surface area (Å²) in [6.45, 7) is 2.39. The maximum absolute atomic E-state index is 5.55. The maximum Gasteiger partial charge on any atom is 0.223 e. The minimum Gasteiger partial charge on any atom is -0.491 e. The van der Waals surface area contributed by atoms with E-state index < -0.39 is 0 Å². The molecule has 0 saturated carbocycles. The van der Waals surface area contributed by atoms with Crippen molar-refractivity contribution in [3.8, 4) is 5.75 Å². The topological polar surface area (TPSA) is 48.2 Å². The van der Waals surface area contributed by atoms with Gasteiger partial charge in [-0.2, -0.15) is 4.98 Å². The number of rotatable bonds is 1. The van der Waals surface area contributed by atoms with Crippen LogP contribution in [0.2, 0.25) is 0 Å². The summed E-state index contributed by atoms with van der Waals surface area (Å²) in [5.74, 6) is 2.35. The van der Waals surface area contributed by atoms with Crippen molar-refractivity contribution < 1.29 is 9.26 Å². The van der Waals surface area contributed by atoms with Gasteiger partial charge in [-0.3, -0.25) is 0 Å². The molecule has 0 aromatic carbocycles. The maximum atomic E-state index is 5.55.